The highest BCUT2D eigenvalue weighted by Crippen LogP contribution is 2.31. The van der Waals surface area contributed by atoms with E-state index in [2.05, 4.69) is 11.2 Å². The molecule has 23 heavy (non-hydrogen) atoms. The first kappa shape index (κ1) is 15.6. The van der Waals surface area contributed by atoms with Crippen molar-refractivity contribution < 1.29 is 9.53 Å². The number of rotatable bonds is 3. The predicted molar refractivity (Wildman–Crippen MR) is 89.7 cm³/mol. The molecule has 0 aliphatic carbocycles. The summed E-state index contributed by atoms with van der Waals surface area (Å²) < 4.78 is 7.22. The fourth-order valence-electron chi connectivity index (χ4n) is 3.10. The molecule has 1 amide bonds. The molecule has 122 valence electrons. The van der Waals surface area contributed by atoms with E-state index in [0.29, 0.717) is 5.69 Å². The van der Waals surface area contributed by atoms with Gasteiger partial charge in [0, 0.05) is 25.7 Å². The average molecular weight is 313 g/mol. The molecule has 1 aliphatic rings. The normalized spacial score (nSPS) is 14.8. The number of ether oxygens (including phenoxy) is 1. The number of likely N-dealkylation sites (tertiary alicyclic amines) is 1. The summed E-state index contributed by atoms with van der Waals surface area (Å²) in [6.45, 7) is 3.70. The van der Waals surface area contributed by atoms with Gasteiger partial charge in [0.15, 0.2) is 5.69 Å². The highest BCUT2D eigenvalue weighted by molar-refractivity contribution is 5.93. The Labute approximate surface area is 136 Å². The van der Waals surface area contributed by atoms with Gasteiger partial charge in [-0.05, 0) is 44.4 Å². The van der Waals surface area contributed by atoms with Crippen molar-refractivity contribution in [2.24, 2.45) is 7.05 Å². The second-order valence-corrected chi connectivity index (χ2v) is 6.10. The molecule has 5 heteroatoms. The van der Waals surface area contributed by atoms with Crippen molar-refractivity contribution in [2.75, 3.05) is 20.2 Å². The summed E-state index contributed by atoms with van der Waals surface area (Å²) in [6.07, 6.45) is 3.37. The maximum atomic E-state index is 12.6. The third-order valence-corrected chi connectivity index (χ3v) is 4.37. The molecule has 0 atom stereocenters. The van der Waals surface area contributed by atoms with E-state index in [0.717, 1.165) is 48.5 Å². The molecule has 3 rings (SSSR count). The van der Waals surface area contributed by atoms with E-state index in [1.807, 2.05) is 37.1 Å². The summed E-state index contributed by atoms with van der Waals surface area (Å²) in [5, 5.41) is 4.44. The Bertz CT molecular complexity index is 715. The zero-order chi connectivity index (χ0) is 16.4. The predicted octanol–water partition coefficient (Wildman–Crippen LogP) is 3.03. The molecule has 0 N–H and O–H groups in total. The van der Waals surface area contributed by atoms with E-state index >= 15 is 0 Å². The van der Waals surface area contributed by atoms with Crippen molar-refractivity contribution in [2.45, 2.75) is 26.2 Å². The highest BCUT2D eigenvalue weighted by Gasteiger charge is 2.22. The number of hydrogen-bond acceptors (Lipinski definition) is 3. The van der Waals surface area contributed by atoms with Gasteiger partial charge in [0.25, 0.3) is 5.91 Å². The number of piperidine rings is 1. The Hall–Kier alpha value is -2.30. The third kappa shape index (κ3) is 3.09. The maximum Gasteiger partial charge on any atom is 0.274 e. The molecule has 1 fully saturated rings. The molecular formula is C18H23N3O2. The number of hydrogen-bond donors (Lipinski definition) is 0. The molecule has 1 aromatic heterocycles. The first-order valence-electron chi connectivity index (χ1n) is 8.08. The molecule has 2 heterocycles. The van der Waals surface area contributed by atoms with Crippen LogP contribution in [-0.2, 0) is 7.05 Å². The Morgan fingerprint density at radius 3 is 2.61 bits per heavy atom. The van der Waals surface area contributed by atoms with Crippen LogP contribution >= 0.6 is 0 Å². The molecule has 1 saturated heterocycles. The van der Waals surface area contributed by atoms with E-state index in [9.17, 15) is 4.79 Å². The zero-order valence-corrected chi connectivity index (χ0v) is 14.0. The van der Waals surface area contributed by atoms with Crippen molar-refractivity contribution in [3.63, 3.8) is 0 Å². The second kappa shape index (κ2) is 6.44. The molecule has 1 aliphatic heterocycles. The largest absolute Gasteiger partial charge is 0.496 e. The number of aryl methyl sites for hydroxylation is 2. The number of nitrogens with zero attached hydrogens (tertiary/aromatic N) is 3. The van der Waals surface area contributed by atoms with Crippen LogP contribution < -0.4 is 4.74 Å². The topological polar surface area (TPSA) is 47.4 Å². The molecule has 0 bridgehead atoms. The van der Waals surface area contributed by atoms with Gasteiger partial charge in [0.05, 0.1) is 12.8 Å². The minimum absolute atomic E-state index is 0.0261. The van der Waals surface area contributed by atoms with Crippen LogP contribution in [0.2, 0.25) is 0 Å². The number of carbonyl (C=O) groups excluding carboxylic acids is 1. The number of amides is 1. The van der Waals surface area contributed by atoms with Crippen LogP contribution in [0.25, 0.3) is 11.3 Å². The zero-order valence-electron chi connectivity index (χ0n) is 14.0. The fourth-order valence-corrected chi connectivity index (χ4v) is 3.10. The summed E-state index contributed by atoms with van der Waals surface area (Å²) >= 11 is 0. The van der Waals surface area contributed by atoms with Crippen LogP contribution in [0.3, 0.4) is 0 Å². The second-order valence-electron chi connectivity index (χ2n) is 6.10. The van der Waals surface area contributed by atoms with Crippen LogP contribution in [0, 0.1) is 6.92 Å². The summed E-state index contributed by atoms with van der Waals surface area (Å²) in [7, 11) is 3.52. The maximum absolute atomic E-state index is 12.6. The molecule has 0 radical (unpaired) electrons. The fraction of sp³-hybridized carbons (Fsp3) is 0.444. The van der Waals surface area contributed by atoms with Crippen molar-refractivity contribution in [1.82, 2.24) is 14.7 Å². The Balaban J connectivity index is 1.95. The van der Waals surface area contributed by atoms with E-state index in [-0.39, 0.29) is 5.91 Å². The van der Waals surface area contributed by atoms with Gasteiger partial charge in [0.1, 0.15) is 5.75 Å². The minimum atomic E-state index is 0.0261. The van der Waals surface area contributed by atoms with Crippen molar-refractivity contribution >= 4 is 5.91 Å². The summed E-state index contributed by atoms with van der Waals surface area (Å²) in [5.74, 6) is 0.814. The van der Waals surface area contributed by atoms with Gasteiger partial charge < -0.3 is 9.64 Å². The molecule has 0 spiro atoms. The Kier molecular flexibility index (Phi) is 4.37. The summed E-state index contributed by atoms with van der Waals surface area (Å²) in [6, 6.07) is 7.89. The van der Waals surface area contributed by atoms with Gasteiger partial charge in [-0.1, -0.05) is 11.6 Å². The highest BCUT2D eigenvalue weighted by atomic mass is 16.5. The third-order valence-electron chi connectivity index (χ3n) is 4.37. The quantitative estimate of drug-likeness (QED) is 0.875. The molecular weight excluding hydrogens is 290 g/mol. The molecule has 2 aromatic rings. The van der Waals surface area contributed by atoms with E-state index in [4.69, 9.17) is 4.74 Å². The van der Waals surface area contributed by atoms with E-state index < -0.39 is 0 Å². The summed E-state index contributed by atoms with van der Waals surface area (Å²) in [5.41, 5.74) is 3.50. The van der Waals surface area contributed by atoms with Crippen LogP contribution in [-0.4, -0.2) is 40.8 Å². The van der Waals surface area contributed by atoms with Crippen LogP contribution in [0.5, 0.6) is 5.75 Å². The monoisotopic (exact) mass is 313 g/mol. The SMILES string of the molecule is COc1ccc(C)cc1-c1cc(C(=O)N2CCCCC2)nn1C. The van der Waals surface area contributed by atoms with E-state index in [1.165, 1.54) is 6.42 Å². The van der Waals surface area contributed by atoms with Gasteiger partial charge in [-0.25, -0.2) is 0 Å². The lowest BCUT2D eigenvalue weighted by molar-refractivity contribution is 0.0717. The molecule has 5 nitrogen and oxygen atoms in total. The van der Waals surface area contributed by atoms with Crippen molar-refractivity contribution in [3.8, 4) is 17.0 Å². The Morgan fingerprint density at radius 1 is 1.17 bits per heavy atom. The van der Waals surface area contributed by atoms with Gasteiger partial charge >= 0.3 is 0 Å². The summed E-state index contributed by atoms with van der Waals surface area (Å²) in [4.78, 5) is 14.5. The number of aromatic nitrogens is 2. The first-order valence-corrected chi connectivity index (χ1v) is 8.08. The smallest absolute Gasteiger partial charge is 0.274 e. The lowest BCUT2D eigenvalue weighted by Gasteiger charge is -2.25. The van der Waals surface area contributed by atoms with Gasteiger partial charge in [0.2, 0.25) is 0 Å². The minimum Gasteiger partial charge on any atom is -0.496 e. The van der Waals surface area contributed by atoms with Gasteiger partial charge in [-0.3, -0.25) is 9.48 Å². The van der Waals surface area contributed by atoms with Crippen LogP contribution in [0.4, 0.5) is 0 Å². The number of carbonyl (C=O) groups is 1. The van der Waals surface area contributed by atoms with Gasteiger partial charge in [-0.2, -0.15) is 5.10 Å². The molecule has 0 unspecified atom stereocenters. The Morgan fingerprint density at radius 2 is 1.91 bits per heavy atom. The lowest BCUT2D eigenvalue weighted by Crippen LogP contribution is -2.35. The number of methoxy groups -OCH3 is 1. The van der Waals surface area contributed by atoms with Crippen LogP contribution in [0.15, 0.2) is 24.3 Å². The van der Waals surface area contributed by atoms with Crippen molar-refractivity contribution in [1.29, 1.82) is 0 Å². The first-order chi connectivity index (χ1) is 11.1. The number of benzene rings is 1. The standard InChI is InChI=1S/C18H23N3O2/c1-13-7-8-17(23-3)14(11-13)16-12-15(19-20(16)2)18(22)21-9-5-4-6-10-21/h7-8,11-12H,4-6,9-10H2,1-3H3. The lowest BCUT2D eigenvalue weighted by atomic mass is 10.1. The molecule has 0 saturated carbocycles. The average Bonchev–Trinajstić information content (AvgIpc) is 2.96. The van der Waals surface area contributed by atoms with Gasteiger partial charge in [-0.15, -0.1) is 0 Å². The molecule has 1 aromatic carbocycles. The van der Waals surface area contributed by atoms with Crippen LogP contribution in [0.1, 0.15) is 35.3 Å². The van der Waals surface area contributed by atoms with Crippen molar-refractivity contribution in [3.05, 3.63) is 35.5 Å². The van der Waals surface area contributed by atoms with E-state index in [1.54, 1.807) is 11.8 Å².